The molecule has 0 saturated heterocycles. The fourth-order valence-electron chi connectivity index (χ4n) is 1.95. The highest BCUT2D eigenvalue weighted by atomic mass is 15.2. The van der Waals surface area contributed by atoms with Gasteiger partial charge >= 0.3 is 0 Å². The molecule has 0 aliphatic heterocycles. The number of aromatic nitrogens is 2. The second-order valence-corrected chi connectivity index (χ2v) is 4.91. The smallest absolute Gasteiger partial charge is 0.225 e. The highest BCUT2D eigenvalue weighted by Gasteiger charge is 2.06. The number of hydrogen-bond acceptors (Lipinski definition) is 4. The molecular formula is C15H20N4. The second-order valence-electron chi connectivity index (χ2n) is 4.91. The van der Waals surface area contributed by atoms with Crippen molar-refractivity contribution >= 4 is 5.95 Å². The Morgan fingerprint density at radius 3 is 2.32 bits per heavy atom. The third-order valence-corrected chi connectivity index (χ3v) is 2.85. The van der Waals surface area contributed by atoms with Gasteiger partial charge < -0.3 is 10.6 Å². The average molecular weight is 256 g/mol. The van der Waals surface area contributed by atoms with E-state index in [-0.39, 0.29) is 6.04 Å². The summed E-state index contributed by atoms with van der Waals surface area (Å²) in [5, 5.41) is 0. The monoisotopic (exact) mass is 256 g/mol. The van der Waals surface area contributed by atoms with Crippen LogP contribution in [0, 0.1) is 0 Å². The molecule has 1 atom stereocenters. The molecule has 0 radical (unpaired) electrons. The van der Waals surface area contributed by atoms with E-state index in [1.54, 1.807) is 0 Å². The number of anilines is 1. The molecule has 0 aliphatic carbocycles. The Bertz CT molecular complexity index is 493. The number of hydrogen-bond donors (Lipinski definition) is 1. The minimum atomic E-state index is 0.136. The summed E-state index contributed by atoms with van der Waals surface area (Å²) in [5.74, 6) is 0.734. The van der Waals surface area contributed by atoms with Gasteiger partial charge in [-0.3, -0.25) is 0 Å². The van der Waals surface area contributed by atoms with Crippen molar-refractivity contribution in [2.75, 3.05) is 11.9 Å². The maximum atomic E-state index is 5.76. The first-order valence-corrected chi connectivity index (χ1v) is 6.46. The summed E-state index contributed by atoms with van der Waals surface area (Å²) in [7, 11) is 1.99. The van der Waals surface area contributed by atoms with Crippen molar-refractivity contribution in [2.24, 2.45) is 5.73 Å². The van der Waals surface area contributed by atoms with Crippen LogP contribution in [0.25, 0.3) is 0 Å². The Kier molecular flexibility index (Phi) is 4.47. The molecule has 0 amide bonds. The van der Waals surface area contributed by atoms with Crippen LogP contribution in [0.4, 0.5) is 5.95 Å². The lowest BCUT2D eigenvalue weighted by Crippen LogP contribution is -2.20. The van der Waals surface area contributed by atoms with Crippen molar-refractivity contribution < 1.29 is 0 Å². The third-order valence-electron chi connectivity index (χ3n) is 2.85. The van der Waals surface area contributed by atoms with Crippen molar-refractivity contribution in [3.8, 4) is 0 Å². The Morgan fingerprint density at radius 2 is 1.74 bits per heavy atom. The van der Waals surface area contributed by atoms with Crippen molar-refractivity contribution in [1.82, 2.24) is 9.97 Å². The Hall–Kier alpha value is -1.94. The van der Waals surface area contributed by atoms with E-state index in [9.17, 15) is 0 Å². The maximum absolute atomic E-state index is 5.76. The van der Waals surface area contributed by atoms with Crippen molar-refractivity contribution in [1.29, 1.82) is 0 Å². The predicted molar refractivity (Wildman–Crippen MR) is 77.9 cm³/mol. The zero-order valence-corrected chi connectivity index (χ0v) is 11.5. The van der Waals surface area contributed by atoms with E-state index in [4.69, 9.17) is 5.73 Å². The van der Waals surface area contributed by atoms with E-state index in [1.807, 2.05) is 49.5 Å². The van der Waals surface area contributed by atoms with Gasteiger partial charge in [-0.1, -0.05) is 30.3 Å². The van der Waals surface area contributed by atoms with Gasteiger partial charge in [0.2, 0.25) is 5.95 Å². The molecule has 0 spiro atoms. The number of nitrogens with two attached hydrogens (primary N) is 1. The van der Waals surface area contributed by atoms with Gasteiger partial charge in [0, 0.05) is 32.0 Å². The molecule has 1 unspecified atom stereocenters. The molecule has 1 aromatic carbocycles. The summed E-state index contributed by atoms with van der Waals surface area (Å²) < 4.78 is 0. The first kappa shape index (κ1) is 13.5. The molecular weight excluding hydrogens is 236 g/mol. The van der Waals surface area contributed by atoms with Gasteiger partial charge in [-0.15, -0.1) is 0 Å². The van der Waals surface area contributed by atoms with E-state index in [1.165, 1.54) is 5.56 Å². The summed E-state index contributed by atoms with van der Waals surface area (Å²) in [6.45, 7) is 2.78. The average Bonchev–Trinajstić information content (AvgIpc) is 2.40. The van der Waals surface area contributed by atoms with E-state index in [2.05, 4.69) is 22.1 Å². The molecule has 2 rings (SSSR count). The Labute approximate surface area is 114 Å². The fourth-order valence-corrected chi connectivity index (χ4v) is 1.95. The number of rotatable bonds is 5. The summed E-state index contributed by atoms with van der Waals surface area (Å²) in [6.07, 6.45) is 4.52. The van der Waals surface area contributed by atoms with Crippen molar-refractivity contribution in [2.45, 2.75) is 25.9 Å². The summed E-state index contributed by atoms with van der Waals surface area (Å²) >= 11 is 0. The zero-order valence-electron chi connectivity index (χ0n) is 11.5. The summed E-state index contributed by atoms with van der Waals surface area (Å²) in [5.41, 5.74) is 8.08. The van der Waals surface area contributed by atoms with E-state index in [0.717, 1.165) is 24.5 Å². The van der Waals surface area contributed by atoms with Gasteiger partial charge in [0.1, 0.15) is 0 Å². The highest BCUT2D eigenvalue weighted by Crippen LogP contribution is 2.10. The molecule has 4 heteroatoms. The van der Waals surface area contributed by atoms with E-state index in [0.29, 0.717) is 0 Å². The van der Waals surface area contributed by atoms with Gasteiger partial charge in [-0.2, -0.15) is 0 Å². The fraction of sp³-hybridized carbons (Fsp3) is 0.333. The van der Waals surface area contributed by atoms with Crippen LogP contribution in [-0.4, -0.2) is 23.1 Å². The largest absolute Gasteiger partial charge is 0.340 e. The van der Waals surface area contributed by atoms with Gasteiger partial charge in [0.15, 0.2) is 0 Å². The standard InChI is InChI=1S/C15H20N4/c1-12(16)8-14-9-17-15(18-10-14)19(2)11-13-6-4-3-5-7-13/h3-7,9-10,12H,8,11,16H2,1-2H3. The highest BCUT2D eigenvalue weighted by molar-refractivity contribution is 5.31. The normalized spacial score (nSPS) is 12.2. The van der Waals surface area contributed by atoms with E-state index < -0.39 is 0 Å². The molecule has 100 valence electrons. The Balaban J connectivity index is 2.01. The summed E-state index contributed by atoms with van der Waals surface area (Å²) in [4.78, 5) is 10.8. The van der Waals surface area contributed by atoms with Gasteiger partial charge in [0.05, 0.1) is 0 Å². The second kappa shape index (κ2) is 6.29. The van der Waals surface area contributed by atoms with Crippen LogP contribution in [0.5, 0.6) is 0 Å². The molecule has 19 heavy (non-hydrogen) atoms. The lowest BCUT2D eigenvalue weighted by molar-refractivity contribution is 0.730. The minimum absolute atomic E-state index is 0.136. The van der Waals surface area contributed by atoms with Crippen LogP contribution in [0.15, 0.2) is 42.7 Å². The molecule has 1 aromatic heterocycles. The molecule has 4 nitrogen and oxygen atoms in total. The lowest BCUT2D eigenvalue weighted by atomic mass is 10.1. The Morgan fingerprint density at radius 1 is 1.11 bits per heavy atom. The summed E-state index contributed by atoms with van der Waals surface area (Å²) in [6, 6.07) is 10.4. The molecule has 2 N–H and O–H groups in total. The van der Waals surface area contributed by atoms with E-state index >= 15 is 0 Å². The first-order chi connectivity index (χ1) is 9.15. The molecule has 2 aromatic rings. The number of benzene rings is 1. The molecule has 0 aliphatic rings. The zero-order chi connectivity index (χ0) is 13.7. The van der Waals surface area contributed by atoms with Crippen LogP contribution in [0.3, 0.4) is 0 Å². The van der Waals surface area contributed by atoms with Gasteiger partial charge in [0.25, 0.3) is 0 Å². The molecule has 0 saturated carbocycles. The van der Waals surface area contributed by atoms with Crippen LogP contribution in [0.1, 0.15) is 18.1 Å². The quantitative estimate of drug-likeness (QED) is 0.889. The van der Waals surface area contributed by atoms with Crippen molar-refractivity contribution in [3.05, 3.63) is 53.9 Å². The van der Waals surface area contributed by atoms with Crippen molar-refractivity contribution in [3.63, 3.8) is 0 Å². The molecule has 0 fully saturated rings. The lowest BCUT2D eigenvalue weighted by Gasteiger charge is -2.17. The number of nitrogens with zero attached hydrogens (tertiary/aromatic N) is 3. The topological polar surface area (TPSA) is 55.0 Å². The van der Waals surface area contributed by atoms with Crippen LogP contribution >= 0.6 is 0 Å². The van der Waals surface area contributed by atoms with Crippen LogP contribution in [-0.2, 0) is 13.0 Å². The maximum Gasteiger partial charge on any atom is 0.225 e. The van der Waals surface area contributed by atoms with Crippen LogP contribution < -0.4 is 10.6 Å². The third kappa shape index (κ3) is 4.03. The van der Waals surface area contributed by atoms with Gasteiger partial charge in [-0.25, -0.2) is 9.97 Å². The first-order valence-electron chi connectivity index (χ1n) is 6.46. The van der Waals surface area contributed by atoms with Gasteiger partial charge in [-0.05, 0) is 24.5 Å². The predicted octanol–water partition coefficient (Wildman–Crippen LogP) is 2.00. The SMILES string of the molecule is CC(N)Cc1cnc(N(C)Cc2ccccc2)nc1. The molecule has 0 bridgehead atoms. The minimum Gasteiger partial charge on any atom is -0.340 e. The van der Waals surface area contributed by atoms with Crippen LogP contribution in [0.2, 0.25) is 0 Å². The molecule has 1 heterocycles.